The molecule has 3 nitrogen and oxygen atoms in total. The Morgan fingerprint density at radius 3 is 2.57 bits per heavy atom. The van der Waals surface area contributed by atoms with Gasteiger partial charge in [0.2, 0.25) is 5.91 Å². The van der Waals surface area contributed by atoms with Crippen LogP contribution in [0.3, 0.4) is 0 Å². The molecule has 1 amide bonds. The smallest absolute Gasteiger partial charge is 0.380 e. The number of aryl methyl sites for hydroxylation is 1. The van der Waals surface area contributed by atoms with Crippen LogP contribution >= 0.6 is 11.6 Å². The first-order valence-corrected chi connectivity index (χ1v) is 6.96. The van der Waals surface area contributed by atoms with Crippen LogP contribution in [0.15, 0.2) is 18.2 Å². The van der Waals surface area contributed by atoms with Crippen LogP contribution in [0.4, 0.5) is 18.9 Å². The Labute approximate surface area is 126 Å². The van der Waals surface area contributed by atoms with Crippen molar-refractivity contribution in [3.8, 4) is 0 Å². The summed E-state index contributed by atoms with van der Waals surface area (Å²) < 4.78 is 44.0. The number of benzene rings is 1. The second-order valence-corrected chi connectivity index (χ2v) is 4.83. The number of anilines is 1. The molecule has 0 heterocycles. The van der Waals surface area contributed by atoms with Gasteiger partial charge in [-0.15, -0.1) is 11.6 Å². The number of rotatable bonds is 6. The van der Waals surface area contributed by atoms with Crippen LogP contribution in [0, 0.1) is 0 Å². The Bertz CT molecular complexity index is 492. The van der Waals surface area contributed by atoms with Crippen molar-refractivity contribution in [3.05, 3.63) is 29.3 Å². The van der Waals surface area contributed by atoms with Gasteiger partial charge in [0.05, 0.1) is 17.9 Å². The van der Waals surface area contributed by atoms with Gasteiger partial charge in [-0.2, -0.15) is 13.2 Å². The zero-order valence-electron chi connectivity index (χ0n) is 11.8. The predicted molar refractivity (Wildman–Crippen MR) is 75.6 cm³/mol. The number of amides is 1. The second-order valence-electron chi connectivity index (χ2n) is 4.31. The fourth-order valence-electron chi connectivity index (χ4n) is 1.78. The molecule has 1 N–H and O–H groups in total. The van der Waals surface area contributed by atoms with E-state index in [-0.39, 0.29) is 12.3 Å². The summed E-state index contributed by atoms with van der Waals surface area (Å²) in [6, 6.07) is 3.78. The van der Waals surface area contributed by atoms with Crippen molar-refractivity contribution in [2.75, 3.05) is 18.5 Å². The van der Waals surface area contributed by atoms with Gasteiger partial charge in [-0.3, -0.25) is 4.79 Å². The first-order valence-electron chi connectivity index (χ1n) is 6.53. The minimum Gasteiger partial charge on any atom is -0.380 e. The molecule has 0 aliphatic rings. The van der Waals surface area contributed by atoms with Crippen molar-refractivity contribution in [1.29, 1.82) is 0 Å². The molecule has 0 bridgehead atoms. The SMILES string of the molecule is CCOC[C@@H](Cl)C(=O)Nc1c(CC)cccc1C(F)(F)F. The lowest BCUT2D eigenvalue weighted by Gasteiger charge is -2.18. The summed E-state index contributed by atoms with van der Waals surface area (Å²) in [7, 11) is 0. The van der Waals surface area contributed by atoms with Crippen LogP contribution in [-0.4, -0.2) is 24.5 Å². The van der Waals surface area contributed by atoms with Gasteiger partial charge in [0, 0.05) is 6.61 Å². The Kier molecular flexibility index (Phi) is 6.48. The molecule has 0 radical (unpaired) electrons. The second kappa shape index (κ2) is 7.66. The van der Waals surface area contributed by atoms with E-state index in [1.54, 1.807) is 13.8 Å². The first kappa shape index (κ1) is 17.8. The Hall–Kier alpha value is -1.27. The molecule has 118 valence electrons. The largest absolute Gasteiger partial charge is 0.418 e. The maximum atomic E-state index is 13.0. The summed E-state index contributed by atoms with van der Waals surface area (Å²) in [6.45, 7) is 3.76. The quantitative estimate of drug-likeness (QED) is 0.808. The van der Waals surface area contributed by atoms with Gasteiger partial charge < -0.3 is 10.1 Å². The number of carbonyl (C=O) groups is 1. The van der Waals surface area contributed by atoms with Crippen molar-refractivity contribution in [1.82, 2.24) is 0 Å². The van der Waals surface area contributed by atoms with Gasteiger partial charge in [-0.1, -0.05) is 19.1 Å². The molecule has 0 aliphatic heterocycles. The highest BCUT2D eigenvalue weighted by molar-refractivity contribution is 6.32. The summed E-state index contributed by atoms with van der Waals surface area (Å²) in [5, 5.41) is 1.23. The van der Waals surface area contributed by atoms with E-state index in [0.717, 1.165) is 6.07 Å². The lowest BCUT2D eigenvalue weighted by atomic mass is 10.0. The predicted octanol–water partition coefficient (Wildman–Crippen LogP) is 3.85. The van der Waals surface area contributed by atoms with Crippen molar-refractivity contribution >= 4 is 23.2 Å². The zero-order chi connectivity index (χ0) is 16.0. The van der Waals surface area contributed by atoms with E-state index in [1.807, 2.05) is 0 Å². The van der Waals surface area contributed by atoms with Gasteiger partial charge >= 0.3 is 6.18 Å². The molecule has 1 aromatic carbocycles. The Morgan fingerprint density at radius 1 is 1.38 bits per heavy atom. The number of halogens is 4. The molecule has 7 heteroatoms. The van der Waals surface area contributed by atoms with Crippen LogP contribution in [0.25, 0.3) is 0 Å². The number of alkyl halides is 4. The number of ether oxygens (including phenoxy) is 1. The summed E-state index contributed by atoms with van der Waals surface area (Å²) >= 11 is 5.80. The van der Waals surface area contributed by atoms with E-state index < -0.39 is 23.0 Å². The fourth-order valence-corrected chi connectivity index (χ4v) is 1.92. The molecular weight excluding hydrogens is 307 g/mol. The minimum atomic E-state index is -4.55. The summed E-state index contributed by atoms with van der Waals surface area (Å²) in [5.41, 5.74) is -0.714. The number of para-hydroxylation sites is 1. The minimum absolute atomic E-state index is 0.0560. The molecule has 0 fully saturated rings. The molecule has 0 saturated carbocycles. The monoisotopic (exact) mass is 323 g/mol. The third-order valence-electron chi connectivity index (χ3n) is 2.84. The van der Waals surface area contributed by atoms with Gasteiger partial charge in [-0.25, -0.2) is 0 Å². The Balaban J connectivity index is 3.03. The zero-order valence-corrected chi connectivity index (χ0v) is 12.5. The molecule has 1 rings (SSSR count). The molecule has 21 heavy (non-hydrogen) atoms. The van der Waals surface area contributed by atoms with Gasteiger partial charge in [0.1, 0.15) is 5.38 Å². The molecule has 0 spiro atoms. The Morgan fingerprint density at radius 2 is 2.05 bits per heavy atom. The van der Waals surface area contributed by atoms with Crippen LogP contribution in [0.1, 0.15) is 25.0 Å². The third kappa shape index (κ3) is 4.89. The fraction of sp³-hybridized carbons (Fsp3) is 0.500. The average Bonchev–Trinajstić information content (AvgIpc) is 2.43. The van der Waals surface area contributed by atoms with Crippen LogP contribution in [0.2, 0.25) is 0 Å². The number of hydrogen-bond donors (Lipinski definition) is 1. The van der Waals surface area contributed by atoms with Gasteiger partial charge in [0.25, 0.3) is 0 Å². The van der Waals surface area contributed by atoms with Gasteiger partial charge in [-0.05, 0) is 25.0 Å². The van der Waals surface area contributed by atoms with E-state index in [0.29, 0.717) is 18.6 Å². The highest BCUT2D eigenvalue weighted by atomic mass is 35.5. The molecule has 1 aromatic rings. The molecule has 0 saturated heterocycles. The number of hydrogen-bond acceptors (Lipinski definition) is 2. The highest BCUT2D eigenvalue weighted by Crippen LogP contribution is 2.37. The maximum Gasteiger partial charge on any atom is 0.418 e. The van der Waals surface area contributed by atoms with Gasteiger partial charge in [0.15, 0.2) is 0 Å². The lowest BCUT2D eigenvalue weighted by molar-refractivity contribution is -0.137. The van der Waals surface area contributed by atoms with Crippen molar-refractivity contribution < 1.29 is 22.7 Å². The van der Waals surface area contributed by atoms with E-state index in [4.69, 9.17) is 16.3 Å². The molecule has 0 unspecified atom stereocenters. The molecule has 0 aliphatic carbocycles. The molecular formula is C14H17ClF3NO2. The van der Waals surface area contributed by atoms with E-state index in [2.05, 4.69) is 5.32 Å². The van der Waals surface area contributed by atoms with E-state index in [1.165, 1.54) is 12.1 Å². The van der Waals surface area contributed by atoms with Crippen LogP contribution in [-0.2, 0) is 22.1 Å². The molecule has 1 atom stereocenters. The third-order valence-corrected chi connectivity index (χ3v) is 3.16. The number of carbonyl (C=O) groups excluding carboxylic acids is 1. The van der Waals surface area contributed by atoms with Crippen molar-refractivity contribution in [2.24, 2.45) is 0 Å². The van der Waals surface area contributed by atoms with Crippen LogP contribution in [0.5, 0.6) is 0 Å². The topological polar surface area (TPSA) is 38.3 Å². The summed E-state index contributed by atoms with van der Waals surface area (Å²) in [6.07, 6.45) is -4.19. The standard InChI is InChI=1S/C14H17ClF3NO2/c1-3-9-6-5-7-10(14(16,17)18)12(9)19-13(20)11(15)8-21-4-2/h5-7,11H,3-4,8H2,1-2H3,(H,19,20)/t11-/m1/s1. The van der Waals surface area contributed by atoms with Crippen LogP contribution < -0.4 is 5.32 Å². The van der Waals surface area contributed by atoms with Crippen molar-refractivity contribution in [2.45, 2.75) is 31.8 Å². The number of nitrogens with one attached hydrogen (secondary N) is 1. The normalized spacial score (nSPS) is 13.0. The molecule has 0 aromatic heterocycles. The van der Waals surface area contributed by atoms with E-state index in [9.17, 15) is 18.0 Å². The highest BCUT2D eigenvalue weighted by Gasteiger charge is 2.35. The van der Waals surface area contributed by atoms with Crippen molar-refractivity contribution in [3.63, 3.8) is 0 Å². The summed E-state index contributed by atoms with van der Waals surface area (Å²) in [4.78, 5) is 11.9. The average molecular weight is 324 g/mol. The summed E-state index contributed by atoms with van der Waals surface area (Å²) in [5.74, 6) is -0.712. The first-order chi connectivity index (χ1) is 9.81. The maximum absolute atomic E-state index is 13.0. The lowest BCUT2D eigenvalue weighted by Crippen LogP contribution is -2.29. The van der Waals surface area contributed by atoms with E-state index >= 15 is 0 Å².